The van der Waals surface area contributed by atoms with Crippen molar-refractivity contribution in [1.82, 2.24) is 5.32 Å². The predicted molar refractivity (Wildman–Crippen MR) is 126 cm³/mol. The summed E-state index contributed by atoms with van der Waals surface area (Å²) < 4.78 is 42.3. The highest BCUT2D eigenvalue weighted by atomic mass is 127. The van der Waals surface area contributed by atoms with Crippen LogP contribution in [0.2, 0.25) is 0 Å². The molecule has 0 saturated heterocycles. The minimum Gasteiger partial charge on any atom is -0.398 e. The van der Waals surface area contributed by atoms with Crippen LogP contribution in [0.1, 0.15) is 10.4 Å². The molecule has 17 nitrogen and oxygen atoms in total. The van der Waals surface area contributed by atoms with E-state index in [1.54, 1.807) is 0 Å². The molecule has 5 N–H and O–H groups in total. The number of rotatable bonds is 14. The maximum absolute atomic E-state index is 12.6. The van der Waals surface area contributed by atoms with Gasteiger partial charge in [-0.15, -0.1) is 0 Å². The number of amides is 1. The number of anilines is 2. The van der Waals surface area contributed by atoms with Gasteiger partial charge >= 0.3 is 19.2 Å². The molecule has 0 aliphatic rings. The Hall–Kier alpha value is -2.16. The van der Waals surface area contributed by atoms with Crippen LogP contribution in [0.25, 0.3) is 0 Å². The van der Waals surface area contributed by atoms with Crippen molar-refractivity contribution in [3.05, 3.63) is 31.9 Å². The number of hydrogen-bond acceptors (Lipinski definition) is 12. The molecule has 0 aliphatic heterocycles. The van der Waals surface area contributed by atoms with Gasteiger partial charge in [-0.25, -0.2) is 4.57 Å². The van der Waals surface area contributed by atoms with Gasteiger partial charge in [0, 0.05) is 30.1 Å². The highest BCUT2D eigenvalue weighted by Crippen LogP contribution is 2.43. The molecule has 0 atom stereocenters. The van der Waals surface area contributed by atoms with Crippen LogP contribution in [0, 0.1) is 20.2 Å². The zero-order chi connectivity index (χ0) is 26.3. The van der Waals surface area contributed by atoms with E-state index in [-0.39, 0.29) is 13.1 Å². The van der Waals surface area contributed by atoms with Crippen LogP contribution in [-0.2, 0) is 23.4 Å². The standard InChI is InChI=1S/C14H21IN5O12PS/c1-34(29,30)32-7-5-18(4-2-15)12-10(19(22)23)8-9(16)11(13(12)20(24)25)14(21)17-3-6-31-33(26,27)28/h8H,2-7,16H2,1H3,(H,17,21)(H2,26,27,28). The van der Waals surface area contributed by atoms with Crippen LogP contribution in [0.5, 0.6) is 0 Å². The van der Waals surface area contributed by atoms with Gasteiger partial charge in [-0.3, -0.25) is 33.7 Å². The summed E-state index contributed by atoms with van der Waals surface area (Å²) in [4.78, 5) is 52.7. The molecular weight excluding hydrogens is 620 g/mol. The van der Waals surface area contributed by atoms with E-state index in [1.807, 2.05) is 22.6 Å². The highest BCUT2D eigenvalue weighted by molar-refractivity contribution is 14.1. The zero-order valence-electron chi connectivity index (χ0n) is 17.4. The number of nitrogen functional groups attached to an aromatic ring is 1. The number of nitro benzene ring substituents is 2. The number of nitro groups is 2. The van der Waals surface area contributed by atoms with Crippen molar-refractivity contribution < 1.29 is 46.1 Å². The van der Waals surface area contributed by atoms with E-state index in [1.165, 1.54) is 0 Å². The smallest absolute Gasteiger partial charge is 0.398 e. The van der Waals surface area contributed by atoms with Crippen LogP contribution in [0.4, 0.5) is 22.7 Å². The molecule has 0 aromatic heterocycles. The van der Waals surface area contributed by atoms with Gasteiger partial charge in [0.05, 0.1) is 35.0 Å². The monoisotopic (exact) mass is 641 g/mol. The third-order valence-corrected chi connectivity index (χ3v) is 5.46. The average Bonchev–Trinajstić information content (AvgIpc) is 2.67. The Morgan fingerprint density at radius 1 is 1.26 bits per heavy atom. The summed E-state index contributed by atoms with van der Waals surface area (Å²) in [6.07, 6.45) is 0.780. The molecule has 0 spiro atoms. The van der Waals surface area contributed by atoms with Gasteiger partial charge in [0.25, 0.3) is 16.0 Å². The van der Waals surface area contributed by atoms with Crippen LogP contribution >= 0.6 is 30.4 Å². The molecule has 1 aromatic rings. The Morgan fingerprint density at radius 2 is 1.88 bits per heavy atom. The third kappa shape index (κ3) is 9.24. The number of carbonyl (C=O) groups is 1. The maximum Gasteiger partial charge on any atom is 0.469 e. The lowest BCUT2D eigenvalue weighted by atomic mass is 10.0. The van der Waals surface area contributed by atoms with Crippen LogP contribution in [0.15, 0.2) is 6.07 Å². The van der Waals surface area contributed by atoms with Crippen molar-refractivity contribution in [2.75, 3.05) is 54.2 Å². The van der Waals surface area contributed by atoms with Crippen molar-refractivity contribution in [2.24, 2.45) is 0 Å². The topological polar surface area (TPSA) is 255 Å². The van der Waals surface area contributed by atoms with Crippen molar-refractivity contribution >= 4 is 69.2 Å². The molecule has 34 heavy (non-hydrogen) atoms. The van der Waals surface area contributed by atoms with E-state index in [0.717, 1.165) is 17.2 Å². The van der Waals surface area contributed by atoms with E-state index in [2.05, 4.69) is 14.0 Å². The SMILES string of the molecule is CS(=O)(=O)OCCN(CCI)c1c([N+](=O)[O-])cc(N)c(C(=O)NCCOP(=O)(O)O)c1[N+](=O)[O-]. The highest BCUT2D eigenvalue weighted by Gasteiger charge is 2.37. The van der Waals surface area contributed by atoms with E-state index in [9.17, 15) is 38.0 Å². The fourth-order valence-corrected chi connectivity index (χ4v) is 3.97. The number of alkyl halides is 1. The van der Waals surface area contributed by atoms with E-state index in [0.29, 0.717) is 4.43 Å². The minimum absolute atomic E-state index is 0.0174. The van der Waals surface area contributed by atoms with Gasteiger partial charge in [0.1, 0.15) is 5.56 Å². The number of phosphoric acid groups is 1. The zero-order valence-corrected chi connectivity index (χ0v) is 21.3. The summed E-state index contributed by atoms with van der Waals surface area (Å²) in [7, 11) is -8.69. The molecule has 0 unspecified atom stereocenters. The largest absolute Gasteiger partial charge is 0.469 e. The Morgan fingerprint density at radius 3 is 2.35 bits per heavy atom. The second-order valence-corrected chi connectivity index (χ2v) is 10.3. The van der Waals surface area contributed by atoms with Crippen molar-refractivity contribution in [1.29, 1.82) is 0 Å². The predicted octanol–water partition coefficient (Wildman–Crippen LogP) is 0.142. The molecule has 0 radical (unpaired) electrons. The summed E-state index contributed by atoms with van der Waals surface area (Å²) in [6.45, 7) is -1.95. The minimum atomic E-state index is -4.82. The second kappa shape index (κ2) is 12.5. The van der Waals surface area contributed by atoms with Gasteiger partial charge in [0.2, 0.25) is 0 Å². The fourth-order valence-electron chi connectivity index (χ4n) is 2.69. The van der Waals surface area contributed by atoms with Gasteiger partial charge in [-0.05, 0) is 0 Å². The molecule has 0 saturated carbocycles. The average molecular weight is 641 g/mol. The Labute approximate surface area is 206 Å². The summed E-state index contributed by atoms with van der Waals surface area (Å²) in [5.41, 5.74) is 2.00. The number of benzene rings is 1. The van der Waals surface area contributed by atoms with Crippen LogP contribution in [0.3, 0.4) is 0 Å². The summed E-state index contributed by atoms with van der Waals surface area (Å²) in [6, 6.07) is 0.751. The van der Waals surface area contributed by atoms with Gasteiger partial charge in [-0.2, -0.15) is 8.42 Å². The fraction of sp³-hybridized carbons (Fsp3) is 0.500. The number of hydrogen-bond donors (Lipinski definition) is 4. The van der Waals surface area contributed by atoms with Gasteiger partial charge in [-0.1, -0.05) is 22.6 Å². The lowest BCUT2D eigenvalue weighted by Gasteiger charge is -2.24. The summed E-state index contributed by atoms with van der Waals surface area (Å²) in [5, 5.41) is 25.7. The van der Waals surface area contributed by atoms with Crippen molar-refractivity contribution in [2.45, 2.75) is 0 Å². The van der Waals surface area contributed by atoms with E-state index >= 15 is 0 Å². The molecule has 20 heteroatoms. The number of nitrogens with two attached hydrogens (primary N) is 1. The first kappa shape index (κ1) is 29.9. The number of carbonyl (C=O) groups excluding carboxylic acids is 1. The third-order valence-electron chi connectivity index (χ3n) is 3.87. The molecule has 1 aromatic carbocycles. The van der Waals surface area contributed by atoms with Crippen molar-refractivity contribution in [3.8, 4) is 0 Å². The molecule has 192 valence electrons. The normalized spacial score (nSPS) is 11.8. The second-order valence-electron chi connectivity index (χ2n) is 6.35. The Balaban J connectivity index is 3.53. The molecular formula is C14H21IN5O12PS. The van der Waals surface area contributed by atoms with Gasteiger partial charge in [0.15, 0.2) is 5.69 Å². The van der Waals surface area contributed by atoms with E-state index in [4.69, 9.17) is 15.5 Å². The first-order valence-corrected chi connectivity index (χ1v) is 13.8. The summed E-state index contributed by atoms with van der Waals surface area (Å²) >= 11 is 1.89. The summed E-state index contributed by atoms with van der Waals surface area (Å²) in [5.74, 6) is -1.16. The first-order valence-electron chi connectivity index (χ1n) is 8.98. The molecule has 0 heterocycles. The first-order chi connectivity index (χ1) is 15.6. The van der Waals surface area contributed by atoms with Crippen LogP contribution < -0.4 is 16.0 Å². The number of halogens is 1. The lowest BCUT2D eigenvalue weighted by molar-refractivity contribution is -0.392. The molecule has 1 rings (SSSR count). The Kier molecular flexibility index (Phi) is 11.0. The van der Waals surface area contributed by atoms with E-state index < -0.39 is 81.8 Å². The van der Waals surface area contributed by atoms with Crippen LogP contribution in [-0.4, -0.2) is 77.5 Å². The Bertz CT molecular complexity index is 1100. The quantitative estimate of drug-likeness (QED) is 0.0308. The number of phosphoric ester groups is 1. The lowest BCUT2D eigenvalue weighted by Crippen LogP contribution is -2.33. The number of nitrogens with zero attached hydrogens (tertiary/aromatic N) is 3. The maximum atomic E-state index is 12.6. The molecule has 0 bridgehead atoms. The number of nitrogens with one attached hydrogen (secondary N) is 1. The van der Waals surface area contributed by atoms with Gasteiger partial charge < -0.3 is 25.7 Å². The molecule has 1 amide bonds. The molecule has 0 aliphatic carbocycles. The molecule has 0 fully saturated rings. The van der Waals surface area contributed by atoms with Crippen molar-refractivity contribution in [3.63, 3.8) is 0 Å².